The van der Waals surface area contributed by atoms with Gasteiger partial charge in [0, 0.05) is 16.3 Å². The zero-order valence-corrected chi connectivity index (χ0v) is 16.1. The van der Waals surface area contributed by atoms with Crippen LogP contribution < -0.4 is 10.6 Å². The van der Waals surface area contributed by atoms with Crippen LogP contribution in [0.3, 0.4) is 0 Å². The van der Waals surface area contributed by atoms with Crippen molar-refractivity contribution >= 4 is 35.1 Å². The molecule has 27 heavy (non-hydrogen) atoms. The highest BCUT2D eigenvalue weighted by Crippen LogP contribution is 2.18. The van der Waals surface area contributed by atoms with Crippen molar-refractivity contribution in [3.05, 3.63) is 64.2 Å². The second-order valence-corrected chi connectivity index (χ2v) is 6.49. The van der Waals surface area contributed by atoms with E-state index in [1.165, 1.54) is 6.92 Å². The molecule has 0 aliphatic heterocycles. The number of anilines is 1. The van der Waals surface area contributed by atoms with Gasteiger partial charge in [0.05, 0.1) is 0 Å². The Bertz CT molecular complexity index is 850. The number of esters is 1. The fourth-order valence-electron chi connectivity index (χ4n) is 2.27. The maximum atomic E-state index is 12.2. The van der Waals surface area contributed by atoms with Crippen LogP contribution >= 0.6 is 11.6 Å². The summed E-state index contributed by atoms with van der Waals surface area (Å²) < 4.78 is 5.07. The Morgan fingerprint density at radius 3 is 2.41 bits per heavy atom. The van der Waals surface area contributed by atoms with Gasteiger partial charge in [0.25, 0.3) is 11.8 Å². The highest BCUT2D eigenvalue weighted by molar-refractivity contribution is 6.30. The molecule has 2 rings (SSSR count). The molecular weight excluding hydrogens is 368 g/mol. The number of aryl methyl sites for hydroxylation is 1. The molecule has 0 radical (unpaired) electrons. The van der Waals surface area contributed by atoms with Crippen LogP contribution in [0.4, 0.5) is 5.69 Å². The van der Waals surface area contributed by atoms with Crippen molar-refractivity contribution in [2.75, 3.05) is 11.9 Å². The van der Waals surface area contributed by atoms with Crippen LogP contribution in [0.2, 0.25) is 5.02 Å². The van der Waals surface area contributed by atoms with Crippen molar-refractivity contribution < 1.29 is 19.1 Å². The van der Waals surface area contributed by atoms with Crippen LogP contribution in [0.5, 0.6) is 0 Å². The van der Waals surface area contributed by atoms with Gasteiger partial charge in [-0.1, -0.05) is 23.7 Å². The molecule has 0 aliphatic carbocycles. The molecular formula is C20H21ClN2O4. The van der Waals surface area contributed by atoms with E-state index in [0.29, 0.717) is 16.3 Å². The molecule has 6 nitrogen and oxygen atoms in total. The minimum absolute atomic E-state index is 0.345. The zero-order valence-electron chi connectivity index (χ0n) is 15.3. The van der Waals surface area contributed by atoms with Crippen LogP contribution in [0.15, 0.2) is 42.5 Å². The number of hydrogen-bond acceptors (Lipinski definition) is 4. The Hall–Kier alpha value is -2.86. The quantitative estimate of drug-likeness (QED) is 0.744. The monoisotopic (exact) mass is 388 g/mol. The lowest BCUT2D eigenvalue weighted by molar-refractivity contribution is -0.152. The van der Waals surface area contributed by atoms with Gasteiger partial charge in [0.15, 0.2) is 6.10 Å². The Morgan fingerprint density at radius 2 is 1.74 bits per heavy atom. The van der Waals surface area contributed by atoms with Gasteiger partial charge < -0.3 is 15.4 Å². The molecule has 0 aromatic heterocycles. The molecule has 2 aromatic rings. The standard InChI is InChI=1S/C20H21ClN2O4/c1-12-5-4-6-17(13(12)2)23-19(25)14(3)27-18(24)11-22-20(26)15-7-9-16(21)10-8-15/h4-10,14H,11H2,1-3H3,(H,22,26)(H,23,25)/t14-/m1/s1. The van der Waals surface area contributed by atoms with Crippen molar-refractivity contribution in [1.29, 1.82) is 0 Å². The van der Waals surface area contributed by atoms with Gasteiger partial charge in [-0.05, 0) is 62.2 Å². The second kappa shape index (κ2) is 9.19. The minimum atomic E-state index is -0.996. The molecule has 2 amide bonds. The zero-order chi connectivity index (χ0) is 20.0. The maximum Gasteiger partial charge on any atom is 0.326 e. The van der Waals surface area contributed by atoms with E-state index in [0.717, 1.165) is 11.1 Å². The number of rotatable bonds is 6. The first-order valence-corrected chi connectivity index (χ1v) is 8.76. The number of benzene rings is 2. The molecule has 0 spiro atoms. The number of ether oxygens (including phenoxy) is 1. The third-order valence-corrected chi connectivity index (χ3v) is 4.29. The van der Waals surface area contributed by atoms with E-state index in [1.54, 1.807) is 30.3 Å². The third-order valence-electron chi connectivity index (χ3n) is 4.04. The van der Waals surface area contributed by atoms with Crippen LogP contribution in [-0.2, 0) is 14.3 Å². The minimum Gasteiger partial charge on any atom is -0.451 e. The maximum absolute atomic E-state index is 12.2. The molecule has 2 aromatic carbocycles. The molecule has 1 atom stereocenters. The highest BCUT2D eigenvalue weighted by Gasteiger charge is 2.19. The van der Waals surface area contributed by atoms with Gasteiger partial charge in [-0.25, -0.2) is 0 Å². The van der Waals surface area contributed by atoms with E-state index in [-0.39, 0.29) is 6.54 Å². The van der Waals surface area contributed by atoms with E-state index in [1.807, 2.05) is 26.0 Å². The topological polar surface area (TPSA) is 84.5 Å². The van der Waals surface area contributed by atoms with Crippen molar-refractivity contribution in [2.45, 2.75) is 26.9 Å². The van der Waals surface area contributed by atoms with E-state index >= 15 is 0 Å². The van der Waals surface area contributed by atoms with Gasteiger partial charge in [0.2, 0.25) is 0 Å². The third kappa shape index (κ3) is 5.82. The van der Waals surface area contributed by atoms with Gasteiger partial charge in [0.1, 0.15) is 6.54 Å². The van der Waals surface area contributed by atoms with Crippen LogP contribution in [0.1, 0.15) is 28.4 Å². The lowest BCUT2D eigenvalue weighted by Gasteiger charge is -2.15. The van der Waals surface area contributed by atoms with E-state index in [2.05, 4.69) is 10.6 Å². The second-order valence-electron chi connectivity index (χ2n) is 6.06. The molecule has 0 saturated heterocycles. The summed E-state index contributed by atoms with van der Waals surface area (Å²) in [6, 6.07) is 11.8. The number of nitrogens with one attached hydrogen (secondary N) is 2. The van der Waals surface area contributed by atoms with Crippen molar-refractivity contribution in [2.24, 2.45) is 0 Å². The summed E-state index contributed by atoms with van der Waals surface area (Å²) in [5, 5.41) is 5.69. The molecule has 0 saturated carbocycles. The molecule has 2 N–H and O–H groups in total. The predicted molar refractivity (Wildman–Crippen MR) is 104 cm³/mol. The smallest absolute Gasteiger partial charge is 0.326 e. The molecule has 0 bridgehead atoms. The summed E-state index contributed by atoms with van der Waals surface area (Å²) in [6.45, 7) is 4.97. The van der Waals surface area contributed by atoms with E-state index < -0.39 is 23.9 Å². The summed E-state index contributed by atoms with van der Waals surface area (Å²) in [7, 11) is 0. The van der Waals surface area contributed by atoms with Crippen molar-refractivity contribution in [3.8, 4) is 0 Å². The van der Waals surface area contributed by atoms with Crippen LogP contribution in [0.25, 0.3) is 0 Å². The number of carbonyl (C=O) groups excluding carboxylic acids is 3. The van der Waals surface area contributed by atoms with Gasteiger partial charge in [-0.2, -0.15) is 0 Å². The summed E-state index contributed by atoms with van der Waals surface area (Å²) in [4.78, 5) is 36.0. The summed E-state index contributed by atoms with van der Waals surface area (Å²) >= 11 is 5.76. The van der Waals surface area contributed by atoms with Crippen LogP contribution in [0, 0.1) is 13.8 Å². The van der Waals surface area contributed by atoms with E-state index in [4.69, 9.17) is 16.3 Å². The first-order valence-electron chi connectivity index (χ1n) is 8.38. The first-order chi connectivity index (χ1) is 12.8. The van der Waals surface area contributed by atoms with Crippen molar-refractivity contribution in [3.63, 3.8) is 0 Å². The Labute approximate surface area is 162 Å². The Kier molecular flexibility index (Phi) is 6.96. The average molecular weight is 389 g/mol. The summed E-state index contributed by atoms with van der Waals surface area (Å²) in [5.41, 5.74) is 3.02. The molecule has 142 valence electrons. The SMILES string of the molecule is Cc1cccc(NC(=O)[C@@H](C)OC(=O)CNC(=O)c2ccc(Cl)cc2)c1C. The normalized spacial score (nSPS) is 11.4. The van der Waals surface area contributed by atoms with Crippen LogP contribution in [-0.4, -0.2) is 30.4 Å². The molecule has 7 heteroatoms. The molecule has 0 aliphatic rings. The number of halogens is 1. The van der Waals surface area contributed by atoms with Gasteiger partial charge in [-0.3, -0.25) is 14.4 Å². The Morgan fingerprint density at radius 1 is 1.07 bits per heavy atom. The summed E-state index contributed by atoms with van der Waals surface area (Å²) in [6.07, 6.45) is -0.996. The number of carbonyl (C=O) groups is 3. The number of hydrogen-bond donors (Lipinski definition) is 2. The lowest BCUT2D eigenvalue weighted by atomic mass is 10.1. The molecule has 0 unspecified atom stereocenters. The first kappa shape index (κ1) is 20.5. The van der Waals surface area contributed by atoms with E-state index in [9.17, 15) is 14.4 Å². The van der Waals surface area contributed by atoms with Gasteiger partial charge in [-0.15, -0.1) is 0 Å². The van der Waals surface area contributed by atoms with Gasteiger partial charge >= 0.3 is 5.97 Å². The largest absolute Gasteiger partial charge is 0.451 e. The average Bonchev–Trinajstić information content (AvgIpc) is 2.64. The summed E-state index contributed by atoms with van der Waals surface area (Å²) in [5.74, 6) is -1.59. The fraction of sp³-hybridized carbons (Fsp3) is 0.250. The predicted octanol–water partition coefficient (Wildman–Crippen LogP) is 3.26. The fourth-order valence-corrected chi connectivity index (χ4v) is 2.39. The molecule has 0 heterocycles. The molecule has 0 fully saturated rings. The number of amides is 2. The lowest BCUT2D eigenvalue weighted by Crippen LogP contribution is -2.36. The highest BCUT2D eigenvalue weighted by atomic mass is 35.5. The van der Waals surface area contributed by atoms with Crippen molar-refractivity contribution in [1.82, 2.24) is 5.32 Å². The Balaban J connectivity index is 1.83.